The fourth-order valence-electron chi connectivity index (χ4n) is 2.03. The number of hydrogen-bond donors (Lipinski definition) is 0. The quantitative estimate of drug-likeness (QED) is 0.447. The molecule has 0 radical (unpaired) electrons. The van der Waals surface area contributed by atoms with Crippen molar-refractivity contribution in [1.29, 1.82) is 0 Å². The van der Waals surface area contributed by atoms with E-state index in [1.807, 2.05) is 0 Å². The van der Waals surface area contributed by atoms with Gasteiger partial charge in [-0.05, 0) is 24.8 Å². The van der Waals surface area contributed by atoms with Crippen molar-refractivity contribution >= 4 is 0 Å². The van der Waals surface area contributed by atoms with Crippen LogP contribution in [0.15, 0.2) is 0 Å². The highest BCUT2D eigenvalue weighted by Gasteiger charge is 2.51. The van der Waals surface area contributed by atoms with E-state index < -0.39 is 0 Å². The second kappa shape index (κ2) is 1.27. The molecule has 0 aromatic carbocycles. The maximum atomic E-state index is 2.44. The molecular weight excluding hydrogens is 98.1 g/mol. The molecule has 0 bridgehead atoms. The number of likely N-dealkylation sites (tertiary alicyclic amines) is 1. The standard InChI is InChI=1S/C7H13N/c1-5-6-3-8(2)4-7(5)6/h5-7H,3-4H2,1-2H3/t5-,6+,7-. The second-order valence-electron chi connectivity index (χ2n) is 3.41. The van der Waals surface area contributed by atoms with E-state index in [0.29, 0.717) is 0 Å². The predicted molar refractivity (Wildman–Crippen MR) is 33.6 cm³/mol. The maximum Gasteiger partial charge on any atom is 0.00126 e. The molecule has 8 heavy (non-hydrogen) atoms. The third kappa shape index (κ3) is 0.455. The lowest BCUT2D eigenvalue weighted by Crippen LogP contribution is -2.18. The highest BCUT2D eigenvalue weighted by molar-refractivity contribution is 5.01. The maximum absolute atomic E-state index is 2.44. The van der Waals surface area contributed by atoms with Gasteiger partial charge >= 0.3 is 0 Å². The number of nitrogens with zero attached hydrogens (tertiary/aromatic N) is 1. The lowest BCUT2D eigenvalue weighted by atomic mass is 10.3. The van der Waals surface area contributed by atoms with Gasteiger partial charge in [0.05, 0.1) is 0 Å². The number of piperidine rings is 1. The van der Waals surface area contributed by atoms with Crippen LogP contribution in [0, 0.1) is 17.8 Å². The number of rotatable bonds is 0. The fraction of sp³-hybridized carbons (Fsp3) is 1.00. The van der Waals surface area contributed by atoms with Gasteiger partial charge in [-0.2, -0.15) is 0 Å². The first-order valence-corrected chi connectivity index (χ1v) is 3.47. The summed E-state index contributed by atoms with van der Waals surface area (Å²) < 4.78 is 0. The van der Waals surface area contributed by atoms with E-state index in [4.69, 9.17) is 0 Å². The van der Waals surface area contributed by atoms with Crippen LogP contribution in [0.25, 0.3) is 0 Å². The van der Waals surface area contributed by atoms with Crippen molar-refractivity contribution in [1.82, 2.24) is 4.90 Å². The highest BCUT2D eigenvalue weighted by atomic mass is 15.1. The first kappa shape index (κ1) is 4.80. The molecule has 0 amide bonds. The molecule has 1 aliphatic carbocycles. The molecule has 0 spiro atoms. The largest absolute Gasteiger partial charge is 0.306 e. The van der Waals surface area contributed by atoms with Crippen LogP contribution in [0.3, 0.4) is 0 Å². The highest BCUT2D eigenvalue weighted by Crippen LogP contribution is 2.50. The first-order valence-electron chi connectivity index (χ1n) is 3.47. The molecule has 1 nitrogen and oxygen atoms in total. The van der Waals surface area contributed by atoms with E-state index in [1.165, 1.54) is 13.1 Å². The van der Waals surface area contributed by atoms with Gasteiger partial charge in [-0.1, -0.05) is 6.92 Å². The molecule has 1 aliphatic heterocycles. The zero-order chi connectivity index (χ0) is 5.72. The normalized spacial score (nSPS) is 54.0. The van der Waals surface area contributed by atoms with Crippen LogP contribution < -0.4 is 0 Å². The van der Waals surface area contributed by atoms with Crippen molar-refractivity contribution in [2.75, 3.05) is 20.1 Å². The summed E-state index contributed by atoms with van der Waals surface area (Å²) >= 11 is 0. The Hall–Kier alpha value is -0.0400. The summed E-state index contributed by atoms with van der Waals surface area (Å²) in [5.41, 5.74) is 0. The summed E-state index contributed by atoms with van der Waals surface area (Å²) in [6, 6.07) is 0. The lowest BCUT2D eigenvalue weighted by Gasteiger charge is -2.09. The van der Waals surface area contributed by atoms with Crippen molar-refractivity contribution in [3.63, 3.8) is 0 Å². The molecule has 1 saturated carbocycles. The molecule has 2 aliphatic rings. The molecule has 46 valence electrons. The van der Waals surface area contributed by atoms with Crippen LogP contribution >= 0.6 is 0 Å². The molecule has 2 fully saturated rings. The van der Waals surface area contributed by atoms with Gasteiger partial charge < -0.3 is 4.90 Å². The summed E-state index contributed by atoms with van der Waals surface area (Å²) in [7, 11) is 2.22. The molecule has 1 heteroatoms. The smallest absolute Gasteiger partial charge is 0.00126 e. The molecule has 1 saturated heterocycles. The van der Waals surface area contributed by atoms with Gasteiger partial charge in [0.1, 0.15) is 0 Å². The minimum absolute atomic E-state index is 1.06. The van der Waals surface area contributed by atoms with Crippen molar-refractivity contribution in [2.24, 2.45) is 17.8 Å². The molecule has 0 aromatic rings. The average molecular weight is 111 g/mol. The Kier molecular flexibility index (Phi) is 0.762. The summed E-state index contributed by atoms with van der Waals surface area (Å²) in [5, 5.41) is 0. The van der Waals surface area contributed by atoms with Crippen molar-refractivity contribution in [3.8, 4) is 0 Å². The zero-order valence-corrected chi connectivity index (χ0v) is 5.59. The summed E-state index contributed by atoms with van der Waals surface area (Å²) in [6.45, 7) is 5.11. The van der Waals surface area contributed by atoms with E-state index >= 15 is 0 Å². The van der Waals surface area contributed by atoms with Crippen LogP contribution in [0.1, 0.15) is 6.92 Å². The number of fused-ring (bicyclic) bond motifs is 1. The minimum atomic E-state index is 1.06. The van der Waals surface area contributed by atoms with E-state index in [1.54, 1.807) is 0 Å². The second-order valence-corrected chi connectivity index (χ2v) is 3.41. The Morgan fingerprint density at radius 3 is 2.12 bits per heavy atom. The summed E-state index contributed by atoms with van der Waals surface area (Å²) in [4.78, 5) is 2.44. The third-order valence-corrected chi connectivity index (χ3v) is 2.80. The Balaban J connectivity index is 2.00. The summed E-state index contributed by atoms with van der Waals surface area (Å²) in [6.07, 6.45) is 0. The van der Waals surface area contributed by atoms with Crippen molar-refractivity contribution < 1.29 is 0 Å². The average Bonchev–Trinajstić information content (AvgIpc) is 2.29. The predicted octanol–water partition coefficient (Wildman–Crippen LogP) is 0.814. The SMILES string of the molecule is C[C@H]1[C@H]2CN(C)C[C@@H]12. The topological polar surface area (TPSA) is 3.24 Å². The lowest BCUT2D eigenvalue weighted by molar-refractivity contribution is 0.350. The van der Waals surface area contributed by atoms with E-state index in [-0.39, 0.29) is 0 Å². The van der Waals surface area contributed by atoms with Gasteiger partial charge in [-0.25, -0.2) is 0 Å². The van der Waals surface area contributed by atoms with Crippen molar-refractivity contribution in [3.05, 3.63) is 0 Å². The third-order valence-electron chi connectivity index (χ3n) is 2.80. The molecular formula is C7H13N. The Bertz CT molecular complexity index is 99.0. The van der Waals surface area contributed by atoms with Gasteiger partial charge in [0.2, 0.25) is 0 Å². The molecule has 0 unspecified atom stereocenters. The zero-order valence-electron chi connectivity index (χ0n) is 5.59. The fourth-order valence-corrected chi connectivity index (χ4v) is 2.03. The van der Waals surface area contributed by atoms with Crippen molar-refractivity contribution in [2.45, 2.75) is 6.92 Å². The Labute approximate surface area is 50.7 Å². The van der Waals surface area contributed by atoms with E-state index in [9.17, 15) is 0 Å². The summed E-state index contributed by atoms with van der Waals surface area (Å²) in [5.74, 6) is 3.23. The van der Waals surface area contributed by atoms with E-state index in [0.717, 1.165) is 17.8 Å². The van der Waals surface area contributed by atoms with Gasteiger partial charge in [0.15, 0.2) is 0 Å². The first-order chi connectivity index (χ1) is 3.79. The van der Waals surface area contributed by atoms with Crippen LogP contribution in [0.2, 0.25) is 0 Å². The van der Waals surface area contributed by atoms with Crippen LogP contribution in [0.5, 0.6) is 0 Å². The minimum Gasteiger partial charge on any atom is -0.306 e. The van der Waals surface area contributed by atoms with E-state index in [2.05, 4.69) is 18.9 Å². The molecule has 0 aromatic heterocycles. The molecule has 3 atom stereocenters. The molecule has 2 rings (SSSR count). The number of hydrogen-bond acceptors (Lipinski definition) is 1. The Morgan fingerprint density at radius 1 is 1.25 bits per heavy atom. The van der Waals surface area contributed by atoms with Crippen LogP contribution in [-0.4, -0.2) is 25.0 Å². The van der Waals surface area contributed by atoms with Gasteiger partial charge in [-0.3, -0.25) is 0 Å². The van der Waals surface area contributed by atoms with Gasteiger partial charge in [-0.15, -0.1) is 0 Å². The van der Waals surface area contributed by atoms with Gasteiger partial charge in [0, 0.05) is 13.1 Å². The Morgan fingerprint density at radius 2 is 1.75 bits per heavy atom. The van der Waals surface area contributed by atoms with Gasteiger partial charge in [0.25, 0.3) is 0 Å². The molecule has 0 N–H and O–H groups in total. The van der Waals surface area contributed by atoms with Crippen LogP contribution in [0.4, 0.5) is 0 Å². The molecule has 1 heterocycles. The monoisotopic (exact) mass is 111 g/mol. The van der Waals surface area contributed by atoms with Crippen LogP contribution in [-0.2, 0) is 0 Å².